The van der Waals surface area contributed by atoms with E-state index >= 15 is 0 Å². The van der Waals surface area contributed by atoms with Crippen LogP contribution in [0.2, 0.25) is 0 Å². The normalized spacial score (nSPS) is 10.6. The fourth-order valence-corrected chi connectivity index (χ4v) is 1.79. The molecule has 1 heterocycles. The summed E-state index contributed by atoms with van der Waals surface area (Å²) in [6.45, 7) is 5.44. The van der Waals surface area contributed by atoms with E-state index in [2.05, 4.69) is 10.3 Å². The Morgan fingerprint density at radius 1 is 1.15 bits per heavy atom. The lowest BCUT2D eigenvalue weighted by Crippen LogP contribution is -2.12. The van der Waals surface area contributed by atoms with Gasteiger partial charge in [0.25, 0.3) is 0 Å². The van der Waals surface area contributed by atoms with Crippen LogP contribution >= 0.6 is 0 Å². The van der Waals surface area contributed by atoms with Gasteiger partial charge >= 0.3 is 0 Å². The van der Waals surface area contributed by atoms with Gasteiger partial charge in [0.1, 0.15) is 5.75 Å². The Balaban J connectivity index is 2.19. The van der Waals surface area contributed by atoms with Gasteiger partial charge in [-0.25, -0.2) is 13.8 Å². The zero-order valence-electron chi connectivity index (χ0n) is 11.4. The van der Waals surface area contributed by atoms with Crippen LogP contribution in [0.15, 0.2) is 30.3 Å². The fourth-order valence-electron chi connectivity index (χ4n) is 1.79. The van der Waals surface area contributed by atoms with Crippen molar-refractivity contribution >= 4 is 0 Å². The second-order valence-corrected chi connectivity index (χ2v) is 4.41. The molecule has 0 atom stereocenters. The number of halogens is 2. The largest absolute Gasteiger partial charge is 0.439 e. The monoisotopic (exact) mass is 278 g/mol. The van der Waals surface area contributed by atoms with Gasteiger partial charge in [-0.05, 0) is 37.2 Å². The first-order chi connectivity index (χ1) is 9.58. The summed E-state index contributed by atoms with van der Waals surface area (Å²) in [5.74, 6) is -1.26. The molecule has 0 amide bonds. The first kappa shape index (κ1) is 14.4. The van der Waals surface area contributed by atoms with Gasteiger partial charge in [0.2, 0.25) is 5.88 Å². The molecule has 0 aliphatic rings. The average molecular weight is 278 g/mol. The number of benzene rings is 1. The van der Waals surface area contributed by atoms with E-state index in [0.717, 1.165) is 29.9 Å². The second-order valence-electron chi connectivity index (χ2n) is 4.41. The van der Waals surface area contributed by atoms with Gasteiger partial charge in [0.15, 0.2) is 11.6 Å². The SMILES string of the molecule is CCNCc1cc(C)nc(Oc2ccc(F)c(F)c2)c1. The summed E-state index contributed by atoms with van der Waals surface area (Å²) in [7, 11) is 0. The molecule has 1 aromatic heterocycles. The number of hydrogen-bond donors (Lipinski definition) is 1. The van der Waals surface area contributed by atoms with Crippen molar-refractivity contribution < 1.29 is 13.5 Å². The summed E-state index contributed by atoms with van der Waals surface area (Å²) in [4.78, 5) is 4.22. The molecule has 0 unspecified atom stereocenters. The zero-order valence-corrected chi connectivity index (χ0v) is 11.4. The van der Waals surface area contributed by atoms with Gasteiger partial charge in [0, 0.05) is 24.4 Å². The van der Waals surface area contributed by atoms with Gasteiger partial charge < -0.3 is 10.1 Å². The van der Waals surface area contributed by atoms with Crippen LogP contribution in [0.25, 0.3) is 0 Å². The van der Waals surface area contributed by atoms with Crippen LogP contribution in [0.5, 0.6) is 11.6 Å². The van der Waals surface area contributed by atoms with Crippen LogP contribution in [0.3, 0.4) is 0 Å². The molecule has 1 N–H and O–H groups in total. The van der Waals surface area contributed by atoms with E-state index < -0.39 is 11.6 Å². The van der Waals surface area contributed by atoms with Gasteiger partial charge in [-0.2, -0.15) is 0 Å². The predicted octanol–water partition coefficient (Wildman–Crippen LogP) is 3.57. The minimum Gasteiger partial charge on any atom is -0.439 e. The van der Waals surface area contributed by atoms with E-state index in [9.17, 15) is 8.78 Å². The first-order valence-electron chi connectivity index (χ1n) is 6.39. The molecular weight excluding hydrogens is 262 g/mol. The van der Waals surface area contributed by atoms with E-state index in [1.54, 1.807) is 6.07 Å². The highest BCUT2D eigenvalue weighted by Gasteiger charge is 2.06. The molecule has 0 fully saturated rings. The van der Waals surface area contributed by atoms with Gasteiger partial charge in [0.05, 0.1) is 0 Å². The van der Waals surface area contributed by atoms with Crippen molar-refractivity contribution in [1.29, 1.82) is 0 Å². The van der Waals surface area contributed by atoms with Crippen molar-refractivity contribution in [3.8, 4) is 11.6 Å². The Hall–Kier alpha value is -2.01. The lowest BCUT2D eigenvalue weighted by atomic mass is 10.2. The zero-order chi connectivity index (χ0) is 14.5. The molecule has 0 aliphatic heterocycles. The van der Waals surface area contributed by atoms with Crippen LogP contribution < -0.4 is 10.1 Å². The molecule has 0 saturated heterocycles. The van der Waals surface area contributed by atoms with Crippen molar-refractivity contribution in [2.24, 2.45) is 0 Å². The molecule has 0 bridgehead atoms. The van der Waals surface area contributed by atoms with E-state index in [4.69, 9.17) is 4.74 Å². The van der Waals surface area contributed by atoms with Crippen molar-refractivity contribution in [1.82, 2.24) is 10.3 Å². The Kier molecular flexibility index (Phi) is 4.63. The quantitative estimate of drug-likeness (QED) is 0.908. The maximum Gasteiger partial charge on any atom is 0.219 e. The van der Waals surface area contributed by atoms with Crippen LogP contribution in [0.4, 0.5) is 8.78 Å². The Bertz CT molecular complexity index is 602. The van der Waals surface area contributed by atoms with Crippen molar-refractivity contribution in [2.75, 3.05) is 6.54 Å². The third-order valence-corrected chi connectivity index (χ3v) is 2.68. The summed E-state index contributed by atoms with van der Waals surface area (Å²) < 4.78 is 31.4. The lowest BCUT2D eigenvalue weighted by molar-refractivity contribution is 0.446. The molecule has 0 aliphatic carbocycles. The molecule has 0 radical (unpaired) electrons. The number of aromatic nitrogens is 1. The van der Waals surface area contributed by atoms with Crippen LogP contribution in [0.1, 0.15) is 18.2 Å². The van der Waals surface area contributed by atoms with Gasteiger partial charge in [-0.15, -0.1) is 0 Å². The molecule has 2 rings (SSSR count). The summed E-state index contributed by atoms with van der Waals surface area (Å²) in [6.07, 6.45) is 0. The maximum absolute atomic E-state index is 13.1. The van der Waals surface area contributed by atoms with E-state index in [-0.39, 0.29) is 5.75 Å². The summed E-state index contributed by atoms with van der Waals surface area (Å²) in [5, 5.41) is 3.21. The molecule has 2 aromatic rings. The predicted molar refractivity (Wildman–Crippen MR) is 72.8 cm³/mol. The number of hydrogen-bond acceptors (Lipinski definition) is 3. The Morgan fingerprint density at radius 3 is 2.65 bits per heavy atom. The van der Waals surface area contributed by atoms with Gasteiger partial charge in [-0.3, -0.25) is 0 Å². The topological polar surface area (TPSA) is 34.2 Å². The molecule has 3 nitrogen and oxygen atoms in total. The number of nitrogens with zero attached hydrogens (tertiary/aromatic N) is 1. The van der Waals surface area contributed by atoms with Crippen LogP contribution in [0, 0.1) is 18.6 Å². The number of rotatable bonds is 5. The molecule has 20 heavy (non-hydrogen) atoms. The highest BCUT2D eigenvalue weighted by molar-refractivity contribution is 5.31. The molecular formula is C15H16F2N2O. The number of nitrogens with one attached hydrogen (secondary N) is 1. The van der Waals surface area contributed by atoms with Crippen LogP contribution in [-0.2, 0) is 6.54 Å². The van der Waals surface area contributed by atoms with Crippen molar-refractivity contribution in [3.05, 3.63) is 53.2 Å². The maximum atomic E-state index is 13.1. The summed E-state index contributed by atoms with van der Waals surface area (Å²) in [6, 6.07) is 7.12. The Labute approximate surface area is 116 Å². The molecule has 0 spiro atoms. The number of pyridine rings is 1. The van der Waals surface area contributed by atoms with Crippen LogP contribution in [-0.4, -0.2) is 11.5 Å². The first-order valence-corrected chi connectivity index (χ1v) is 6.39. The number of ether oxygens (including phenoxy) is 1. The third-order valence-electron chi connectivity index (χ3n) is 2.68. The van der Waals surface area contributed by atoms with E-state index in [0.29, 0.717) is 12.4 Å². The highest BCUT2D eigenvalue weighted by Crippen LogP contribution is 2.23. The lowest BCUT2D eigenvalue weighted by Gasteiger charge is -2.09. The Morgan fingerprint density at radius 2 is 1.95 bits per heavy atom. The second kappa shape index (κ2) is 6.43. The summed E-state index contributed by atoms with van der Waals surface area (Å²) in [5.41, 5.74) is 1.83. The van der Waals surface area contributed by atoms with Crippen molar-refractivity contribution in [2.45, 2.75) is 20.4 Å². The van der Waals surface area contributed by atoms with Crippen molar-refractivity contribution in [3.63, 3.8) is 0 Å². The minimum absolute atomic E-state index is 0.219. The third kappa shape index (κ3) is 3.74. The standard InChI is InChI=1S/C15H16F2N2O/c1-3-18-9-11-6-10(2)19-15(7-11)20-12-4-5-13(16)14(17)8-12/h4-8,18H,3,9H2,1-2H3. The molecule has 0 saturated carbocycles. The molecule has 106 valence electrons. The highest BCUT2D eigenvalue weighted by atomic mass is 19.2. The molecule has 1 aromatic carbocycles. The fraction of sp³-hybridized carbons (Fsp3) is 0.267. The average Bonchev–Trinajstić information content (AvgIpc) is 2.40. The summed E-state index contributed by atoms with van der Waals surface area (Å²) >= 11 is 0. The number of aryl methyl sites for hydroxylation is 1. The minimum atomic E-state index is -0.942. The van der Waals surface area contributed by atoms with Gasteiger partial charge in [-0.1, -0.05) is 6.92 Å². The van der Waals surface area contributed by atoms with E-state index in [1.165, 1.54) is 6.07 Å². The van der Waals surface area contributed by atoms with E-state index in [1.807, 2.05) is 19.9 Å². The smallest absolute Gasteiger partial charge is 0.219 e. The molecule has 5 heteroatoms.